The van der Waals surface area contributed by atoms with Crippen molar-refractivity contribution in [3.63, 3.8) is 0 Å². The second kappa shape index (κ2) is 12.5. The van der Waals surface area contributed by atoms with Crippen LogP contribution in [0.5, 0.6) is 5.75 Å². The molecule has 0 saturated heterocycles. The molecule has 1 atom stereocenters. The third-order valence-electron chi connectivity index (χ3n) is 5.39. The molecule has 0 saturated carbocycles. The largest absolute Gasteiger partial charge is 0.488 e. The summed E-state index contributed by atoms with van der Waals surface area (Å²) in [6, 6.07) is 13.6. The van der Waals surface area contributed by atoms with Crippen LogP contribution in [0.4, 0.5) is 0 Å². The van der Waals surface area contributed by atoms with Gasteiger partial charge >= 0.3 is 0 Å². The lowest BCUT2D eigenvalue weighted by Crippen LogP contribution is -2.40. The first-order chi connectivity index (χ1) is 17.1. The zero-order valence-electron chi connectivity index (χ0n) is 21.5. The van der Waals surface area contributed by atoms with Crippen molar-refractivity contribution in [1.29, 1.82) is 0 Å². The normalized spacial score (nSPS) is 12.4. The number of aryl methyl sites for hydroxylation is 1. The van der Waals surface area contributed by atoms with Crippen molar-refractivity contribution in [3.8, 4) is 5.75 Å². The maximum absolute atomic E-state index is 13.4. The first-order valence-electron chi connectivity index (χ1n) is 12.1. The summed E-state index contributed by atoms with van der Waals surface area (Å²) in [5.74, 6) is 0.130. The Bertz CT molecular complexity index is 1140. The number of amides is 2. The molecule has 3 rings (SSSR count). The van der Waals surface area contributed by atoms with Crippen molar-refractivity contribution in [2.75, 3.05) is 19.8 Å². The van der Waals surface area contributed by atoms with E-state index in [1.165, 1.54) is 0 Å². The molecular formula is C27H36N4O5. The average Bonchev–Trinajstić information content (AvgIpc) is 3.30. The number of nitrogens with zero attached hydrogens (tertiary/aromatic N) is 2. The van der Waals surface area contributed by atoms with Crippen LogP contribution in [-0.2, 0) is 32.0 Å². The molecule has 0 fully saturated rings. The van der Waals surface area contributed by atoms with E-state index in [2.05, 4.69) is 10.2 Å². The van der Waals surface area contributed by atoms with Crippen LogP contribution in [0.3, 0.4) is 0 Å². The number of aromatic nitrogens is 2. The van der Waals surface area contributed by atoms with Crippen LogP contribution in [0.2, 0.25) is 0 Å². The molecule has 0 aliphatic carbocycles. The number of fused-ring (bicyclic) bond motifs is 1. The van der Waals surface area contributed by atoms with Crippen LogP contribution in [0.15, 0.2) is 48.7 Å². The van der Waals surface area contributed by atoms with Crippen LogP contribution in [0, 0.1) is 0 Å². The van der Waals surface area contributed by atoms with Crippen LogP contribution < -0.4 is 10.5 Å². The summed E-state index contributed by atoms with van der Waals surface area (Å²) in [7, 11) is 0. The summed E-state index contributed by atoms with van der Waals surface area (Å²) < 4.78 is 17.0. The van der Waals surface area contributed by atoms with Gasteiger partial charge in [-0.15, -0.1) is 0 Å². The number of ether oxygens (including phenoxy) is 3. The first-order valence-corrected chi connectivity index (χ1v) is 12.1. The Kier molecular flexibility index (Phi) is 9.44. The summed E-state index contributed by atoms with van der Waals surface area (Å²) in [5, 5.41) is 8.09. The van der Waals surface area contributed by atoms with E-state index in [9.17, 15) is 9.59 Å². The van der Waals surface area contributed by atoms with Gasteiger partial charge in [-0.1, -0.05) is 30.3 Å². The minimum Gasteiger partial charge on any atom is -0.488 e. The monoisotopic (exact) mass is 496 g/mol. The predicted molar refractivity (Wildman–Crippen MR) is 137 cm³/mol. The topological polar surface area (TPSA) is 120 Å². The molecule has 1 unspecified atom stereocenters. The van der Waals surface area contributed by atoms with E-state index in [1.54, 1.807) is 11.1 Å². The molecule has 0 spiro atoms. The lowest BCUT2D eigenvalue weighted by molar-refractivity contribution is -0.166. The van der Waals surface area contributed by atoms with Gasteiger partial charge < -0.3 is 24.8 Å². The molecule has 194 valence electrons. The van der Waals surface area contributed by atoms with Gasteiger partial charge in [-0.2, -0.15) is 5.10 Å². The number of para-hydroxylation sites is 1. The molecule has 0 radical (unpaired) electrons. The minimum absolute atomic E-state index is 0.0612. The lowest BCUT2D eigenvalue weighted by atomic mass is 10.1. The van der Waals surface area contributed by atoms with Crippen molar-refractivity contribution in [2.45, 2.75) is 59.0 Å². The number of hydrogen-bond acceptors (Lipinski definition) is 6. The Morgan fingerprint density at radius 1 is 1.11 bits per heavy atom. The van der Waals surface area contributed by atoms with Crippen LogP contribution >= 0.6 is 0 Å². The van der Waals surface area contributed by atoms with E-state index in [1.807, 2.05) is 70.2 Å². The molecule has 1 aromatic heterocycles. The molecule has 1 heterocycles. The van der Waals surface area contributed by atoms with Crippen molar-refractivity contribution in [1.82, 2.24) is 15.1 Å². The molecule has 0 aliphatic heterocycles. The van der Waals surface area contributed by atoms with Crippen molar-refractivity contribution in [3.05, 3.63) is 59.8 Å². The zero-order valence-corrected chi connectivity index (χ0v) is 21.5. The first kappa shape index (κ1) is 27.2. The maximum Gasteiger partial charge on any atom is 0.243 e. The number of carbonyl (C=O) groups excluding carboxylic acids is 2. The molecule has 0 bridgehead atoms. The van der Waals surface area contributed by atoms with E-state index in [0.29, 0.717) is 26.0 Å². The van der Waals surface area contributed by atoms with E-state index >= 15 is 0 Å². The van der Waals surface area contributed by atoms with E-state index in [0.717, 1.165) is 27.8 Å². The number of hydrogen-bond donors (Lipinski definition) is 2. The summed E-state index contributed by atoms with van der Waals surface area (Å²) in [4.78, 5) is 26.3. The number of nitrogens with one attached hydrogen (secondary N) is 1. The summed E-state index contributed by atoms with van der Waals surface area (Å²) in [5.41, 5.74) is 7.79. The van der Waals surface area contributed by atoms with Crippen LogP contribution in [0.25, 0.3) is 10.9 Å². The zero-order chi connectivity index (χ0) is 26.1. The Hall–Kier alpha value is -3.43. The maximum atomic E-state index is 13.4. The molecule has 0 aliphatic rings. The molecule has 9 heteroatoms. The molecule has 3 N–H and O–H groups in total. The second-order valence-electron chi connectivity index (χ2n) is 9.55. The lowest BCUT2D eigenvalue weighted by Gasteiger charge is -2.28. The van der Waals surface area contributed by atoms with Crippen molar-refractivity contribution < 1.29 is 23.8 Å². The van der Waals surface area contributed by atoms with Gasteiger partial charge in [0.25, 0.3) is 0 Å². The van der Waals surface area contributed by atoms with Gasteiger partial charge in [0.05, 0.1) is 18.3 Å². The minimum atomic E-state index is -0.777. The van der Waals surface area contributed by atoms with Crippen LogP contribution in [0.1, 0.15) is 45.2 Å². The average molecular weight is 497 g/mol. The van der Waals surface area contributed by atoms with Gasteiger partial charge in [-0.3, -0.25) is 14.7 Å². The SMILES string of the molecule is CCOC(CN(Cc1cccc2cn[nH]c12)C(=O)CCc1ccc(OC(C)(C)C)cc1)OCC(N)=O. The smallest absolute Gasteiger partial charge is 0.243 e. The fourth-order valence-electron chi connectivity index (χ4n) is 3.80. The number of aromatic amines is 1. The Morgan fingerprint density at radius 2 is 1.86 bits per heavy atom. The molecule has 2 aromatic carbocycles. The molecule has 3 aromatic rings. The molecule has 2 amide bonds. The standard InChI is InChI=1S/C27H36N4O5/c1-5-34-25(35-18-23(28)32)17-31(16-21-8-6-7-20-15-29-30-26(20)21)24(33)14-11-19-9-12-22(13-10-19)36-27(2,3)4/h6-10,12-13,15,25H,5,11,14,16-18H2,1-4H3,(H2,28,32)(H,29,30). The van der Waals surface area contributed by atoms with Crippen LogP contribution in [-0.4, -0.2) is 58.6 Å². The van der Waals surface area contributed by atoms with E-state index in [-0.39, 0.29) is 24.7 Å². The third kappa shape index (κ3) is 8.35. The highest BCUT2D eigenvalue weighted by Crippen LogP contribution is 2.21. The van der Waals surface area contributed by atoms with Gasteiger partial charge in [0, 0.05) is 25.0 Å². The van der Waals surface area contributed by atoms with Gasteiger partial charge in [0.1, 0.15) is 18.0 Å². The van der Waals surface area contributed by atoms with Gasteiger partial charge in [-0.25, -0.2) is 0 Å². The molecule has 9 nitrogen and oxygen atoms in total. The van der Waals surface area contributed by atoms with Gasteiger partial charge in [0.2, 0.25) is 11.8 Å². The molecule has 36 heavy (non-hydrogen) atoms. The van der Waals surface area contributed by atoms with Gasteiger partial charge in [0.15, 0.2) is 6.29 Å². The number of rotatable bonds is 13. The number of benzene rings is 2. The van der Waals surface area contributed by atoms with Crippen molar-refractivity contribution >= 4 is 22.7 Å². The highest BCUT2D eigenvalue weighted by atomic mass is 16.7. The summed E-state index contributed by atoms with van der Waals surface area (Å²) >= 11 is 0. The summed E-state index contributed by atoms with van der Waals surface area (Å²) in [6.45, 7) is 8.40. The fraction of sp³-hybridized carbons (Fsp3) is 0.444. The number of primary amides is 1. The number of carbonyl (C=O) groups is 2. The van der Waals surface area contributed by atoms with Gasteiger partial charge in [-0.05, 0) is 57.4 Å². The van der Waals surface area contributed by atoms with Crippen molar-refractivity contribution in [2.24, 2.45) is 5.73 Å². The highest BCUT2D eigenvalue weighted by molar-refractivity contribution is 5.82. The second-order valence-corrected chi connectivity index (χ2v) is 9.55. The predicted octanol–water partition coefficient (Wildman–Crippen LogP) is 3.57. The molecular weight excluding hydrogens is 460 g/mol. The number of nitrogens with two attached hydrogens (primary N) is 1. The Balaban J connectivity index is 1.73. The quantitative estimate of drug-likeness (QED) is 0.349. The fourth-order valence-corrected chi connectivity index (χ4v) is 3.80. The Morgan fingerprint density at radius 3 is 2.53 bits per heavy atom. The third-order valence-corrected chi connectivity index (χ3v) is 5.39. The highest BCUT2D eigenvalue weighted by Gasteiger charge is 2.22. The van der Waals surface area contributed by atoms with E-state index in [4.69, 9.17) is 19.9 Å². The Labute approximate surface area is 211 Å². The summed E-state index contributed by atoms with van der Waals surface area (Å²) in [6.07, 6.45) is 1.84. The van der Waals surface area contributed by atoms with E-state index < -0.39 is 12.2 Å². The number of H-pyrrole nitrogens is 1.